The summed E-state index contributed by atoms with van der Waals surface area (Å²) in [6.07, 6.45) is -0.757. The van der Waals surface area contributed by atoms with E-state index in [1.807, 2.05) is 73.7 Å². The zero-order chi connectivity index (χ0) is 20.6. The van der Waals surface area contributed by atoms with E-state index in [-0.39, 0.29) is 0 Å². The number of carbonyl (C=O) groups is 1. The number of rotatable bonds is 5. The van der Waals surface area contributed by atoms with E-state index in [9.17, 15) is 9.90 Å². The molecule has 0 saturated carbocycles. The SMILES string of the molecule is Cc1cccc(C2(OC(C)[C@H](N)C(=O)O)c3ccccc3Oc3ccccc32)c1. The molecule has 3 aromatic rings. The van der Waals surface area contributed by atoms with E-state index in [1.165, 1.54) is 0 Å². The molecule has 1 aliphatic rings. The molecule has 1 unspecified atom stereocenters. The molecule has 5 heteroatoms. The average molecular weight is 389 g/mol. The Morgan fingerprint density at radius 3 is 2.14 bits per heavy atom. The standard InChI is InChI=1S/C24H23NO4/c1-15-8-7-9-17(14-15)24(29-16(2)22(25)23(26)27)18-10-3-5-12-20(18)28-21-13-6-4-11-19(21)24/h3-14,16,22H,25H2,1-2H3,(H,26,27)/t16?,22-/m0/s1. The Bertz CT molecular complexity index is 1020. The van der Waals surface area contributed by atoms with Gasteiger partial charge in [-0.05, 0) is 31.5 Å². The van der Waals surface area contributed by atoms with E-state index in [0.717, 1.165) is 22.3 Å². The van der Waals surface area contributed by atoms with Crippen molar-refractivity contribution in [3.63, 3.8) is 0 Å². The van der Waals surface area contributed by atoms with E-state index in [1.54, 1.807) is 6.92 Å². The highest BCUT2D eigenvalue weighted by molar-refractivity contribution is 5.74. The van der Waals surface area contributed by atoms with Gasteiger partial charge in [0.05, 0.1) is 6.10 Å². The van der Waals surface area contributed by atoms with Crippen LogP contribution in [0.2, 0.25) is 0 Å². The lowest BCUT2D eigenvalue weighted by Gasteiger charge is -2.42. The van der Waals surface area contributed by atoms with Crippen LogP contribution in [0.25, 0.3) is 0 Å². The first-order chi connectivity index (χ1) is 13.9. The Balaban J connectivity index is 2.02. The number of hydrogen-bond donors (Lipinski definition) is 2. The Labute approximate surface area is 169 Å². The minimum Gasteiger partial charge on any atom is -0.480 e. The summed E-state index contributed by atoms with van der Waals surface area (Å²) >= 11 is 0. The second-order valence-corrected chi connectivity index (χ2v) is 7.33. The molecule has 4 rings (SSSR count). The monoisotopic (exact) mass is 389 g/mol. The summed E-state index contributed by atoms with van der Waals surface area (Å²) in [4.78, 5) is 11.5. The molecule has 0 fully saturated rings. The Kier molecular flexibility index (Phi) is 4.86. The van der Waals surface area contributed by atoms with Crippen molar-refractivity contribution in [2.24, 2.45) is 5.73 Å². The van der Waals surface area contributed by atoms with Crippen LogP contribution in [-0.2, 0) is 15.1 Å². The highest BCUT2D eigenvalue weighted by Crippen LogP contribution is 2.52. The summed E-state index contributed by atoms with van der Waals surface area (Å²) in [5.41, 5.74) is 8.47. The maximum atomic E-state index is 11.5. The van der Waals surface area contributed by atoms with Gasteiger partial charge in [-0.2, -0.15) is 0 Å². The Morgan fingerprint density at radius 1 is 1.00 bits per heavy atom. The quantitative estimate of drug-likeness (QED) is 0.683. The third-order valence-electron chi connectivity index (χ3n) is 5.33. The normalized spacial score (nSPS) is 16.1. The minimum absolute atomic E-state index is 0.670. The van der Waals surface area contributed by atoms with Crippen LogP contribution < -0.4 is 10.5 Å². The first-order valence-electron chi connectivity index (χ1n) is 9.53. The number of carboxylic acid groups (broad SMARTS) is 1. The van der Waals surface area contributed by atoms with Crippen LogP contribution in [0.3, 0.4) is 0 Å². The smallest absolute Gasteiger partial charge is 0.323 e. The molecule has 0 bridgehead atoms. The third kappa shape index (κ3) is 3.18. The molecule has 0 radical (unpaired) electrons. The molecule has 0 amide bonds. The van der Waals surface area contributed by atoms with Crippen molar-refractivity contribution < 1.29 is 19.4 Å². The van der Waals surface area contributed by atoms with Crippen molar-refractivity contribution >= 4 is 5.97 Å². The maximum Gasteiger partial charge on any atom is 0.323 e. The first-order valence-corrected chi connectivity index (χ1v) is 9.53. The van der Waals surface area contributed by atoms with Gasteiger partial charge in [0.2, 0.25) is 0 Å². The molecule has 29 heavy (non-hydrogen) atoms. The second-order valence-electron chi connectivity index (χ2n) is 7.33. The number of benzene rings is 3. The number of ether oxygens (including phenoxy) is 2. The summed E-state index contributed by atoms with van der Waals surface area (Å²) in [6.45, 7) is 3.71. The summed E-state index contributed by atoms with van der Waals surface area (Å²) < 4.78 is 12.8. The fourth-order valence-electron chi connectivity index (χ4n) is 3.88. The maximum absolute atomic E-state index is 11.5. The lowest BCUT2D eigenvalue weighted by Crippen LogP contribution is -2.47. The molecule has 0 spiro atoms. The number of hydrogen-bond acceptors (Lipinski definition) is 4. The van der Waals surface area contributed by atoms with Crippen LogP contribution in [0.1, 0.15) is 29.2 Å². The van der Waals surface area contributed by atoms with Gasteiger partial charge in [0.1, 0.15) is 17.5 Å². The number of fused-ring (bicyclic) bond motifs is 2. The van der Waals surface area contributed by atoms with Gasteiger partial charge in [-0.1, -0.05) is 66.2 Å². The lowest BCUT2D eigenvalue weighted by molar-refractivity contribution is -0.145. The van der Waals surface area contributed by atoms with Crippen molar-refractivity contribution in [3.05, 3.63) is 95.1 Å². The summed E-state index contributed by atoms with van der Waals surface area (Å²) in [7, 11) is 0. The molecular formula is C24H23NO4. The molecule has 1 heterocycles. The molecule has 0 aliphatic carbocycles. The minimum atomic E-state index is -1.17. The van der Waals surface area contributed by atoms with Gasteiger partial charge in [0.25, 0.3) is 0 Å². The molecular weight excluding hydrogens is 366 g/mol. The van der Waals surface area contributed by atoms with Crippen LogP contribution >= 0.6 is 0 Å². The van der Waals surface area contributed by atoms with E-state index in [0.29, 0.717) is 11.5 Å². The number of carboxylic acids is 1. The van der Waals surface area contributed by atoms with Crippen LogP contribution in [0.5, 0.6) is 11.5 Å². The number of aryl methyl sites for hydroxylation is 1. The van der Waals surface area contributed by atoms with E-state index in [2.05, 4.69) is 6.07 Å². The predicted molar refractivity (Wildman–Crippen MR) is 110 cm³/mol. The molecule has 3 aromatic carbocycles. The summed E-state index contributed by atoms with van der Waals surface area (Å²) in [5, 5.41) is 9.44. The third-order valence-corrected chi connectivity index (χ3v) is 5.33. The van der Waals surface area contributed by atoms with E-state index in [4.69, 9.17) is 15.2 Å². The first kappa shape index (κ1) is 19.2. The zero-order valence-electron chi connectivity index (χ0n) is 16.3. The number of nitrogens with two attached hydrogens (primary N) is 1. The fraction of sp³-hybridized carbons (Fsp3) is 0.208. The lowest BCUT2D eigenvalue weighted by atomic mass is 9.77. The van der Waals surface area contributed by atoms with Gasteiger partial charge < -0.3 is 20.3 Å². The van der Waals surface area contributed by atoms with Crippen molar-refractivity contribution in [2.45, 2.75) is 31.6 Å². The summed E-state index contributed by atoms with van der Waals surface area (Å²) in [6, 6.07) is 22.2. The molecule has 1 aliphatic heterocycles. The van der Waals surface area contributed by atoms with Gasteiger partial charge in [-0.3, -0.25) is 4.79 Å². The van der Waals surface area contributed by atoms with Crippen molar-refractivity contribution in [1.82, 2.24) is 0 Å². The molecule has 3 N–H and O–H groups in total. The van der Waals surface area contributed by atoms with Crippen molar-refractivity contribution in [3.8, 4) is 11.5 Å². The molecule has 0 aromatic heterocycles. The van der Waals surface area contributed by atoms with E-state index >= 15 is 0 Å². The average Bonchev–Trinajstić information content (AvgIpc) is 2.72. The predicted octanol–water partition coefficient (Wildman–Crippen LogP) is 4.21. The van der Waals surface area contributed by atoms with Gasteiger partial charge in [0, 0.05) is 11.1 Å². The van der Waals surface area contributed by atoms with Crippen LogP contribution in [0.15, 0.2) is 72.8 Å². The largest absolute Gasteiger partial charge is 0.480 e. The molecule has 5 nitrogen and oxygen atoms in total. The Morgan fingerprint density at radius 2 is 1.59 bits per heavy atom. The van der Waals surface area contributed by atoms with Gasteiger partial charge in [0.15, 0.2) is 5.60 Å². The van der Waals surface area contributed by atoms with Crippen LogP contribution in [0.4, 0.5) is 0 Å². The van der Waals surface area contributed by atoms with Gasteiger partial charge >= 0.3 is 5.97 Å². The number of aliphatic carboxylic acids is 1. The highest BCUT2D eigenvalue weighted by Gasteiger charge is 2.47. The zero-order valence-corrected chi connectivity index (χ0v) is 16.3. The van der Waals surface area contributed by atoms with Crippen molar-refractivity contribution in [2.75, 3.05) is 0 Å². The molecule has 0 saturated heterocycles. The van der Waals surface area contributed by atoms with Gasteiger partial charge in [-0.25, -0.2) is 0 Å². The topological polar surface area (TPSA) is 81.8 Å². The molecule has 2 atom stereocenters. The molecule has 148 valence electrons. The Hall–Kier alpha value is -3.15. The number of para-hydroxylation sites is 2. The highest BCUT2D eigenvalue weighted by atomic mass is 16.5. The van der Waals surface area contributed by atoms with Crippen LogP contribution in [0, 0.1) is 6.92 Å². The van der Waals surface area contributed by atoms with Gasteiger partial charge in [-0.15, -0.1) is 0 Å². The summed E-state index contributed by atoms with van der Waals surface area (Å²) in [5.74, 6) is 0.234. The van der Waals surface area contributed by atoms with Crippen LogP contribution in [-0.4, -0.2) is 23.2 Å². The van der Waals surface area contributed by atoms with E-state index < -0.39 is 23.7 Å². The fourth-order valence-corrected chi connectivity index (χ4v) is 3.88. The second kappa shape index (κ2) is 7.35. The van der Waals surface area contributed by atoms with Crippen molar-refractivity contribution in [1.29, 1.82) is 0 Å².